The minimum atomic E-state index is -1.10. The van der Waals surface area contributed by atoms with Crippen molar-refractivity contribution in [2.75, 3.05) is 18.9 Å². The molecule has 0 bridgehead atoms. The Morgan fingerprint density at radius 3 is 3.00 bits per heavy atom. The number of carboxylic acid groups (broad SMARTS) is 1. The Morgan fingerprint density at radius 2 is 2.47 bits per heavy atom. The second kappa shape index (κ2) is 5.96. The highest BCUT2D eigenvalue weighted by Gasteiger charge is 2.37. The van der Waals surface area contributed by atoms with E-state index in [0.29, 0.717) is 0 Å². The number of thioether (sulfide) groups is 1. The number of thiol groups is 1. The van der Waals surface area contributed by atoms with Crippen LogP contribution in [0.2, 0.25) is 0 Å². The summed E-state index contributed by atoms with van der Waals surface area (Å²) in [5.74, 6) is -0.927. The maximum absolute atomic E-state index is 11.4. The smallest absolute Gasteiger partial charge is 0.327 e. The molecule has 0 spiro atoms. The number of hydrogen-bond acceptors (Lipinski definition) is 7. The van der Waals surface area contributed by atoms with Gasteiger partial charge in [0.1, 0.15) is 12.6 Å². The summed E-state index contributed by atoms with van der Waals surface area (Å²) in [6, 6.07) is -0.905. The highest BCUT2D eigenvalue weighted by molar-refractivity contribution is 8.13. The molecular formula is C7H10N2O6S2. The third-order valence-electron chi connectivity index (χ3n) is 2.04. The highest BCUT2D eigenvalue weighted by atomic mass is 32.2. The number of amides is 1. The number of carboxylic acids is 1. The van der Waals surface area contributed by atoms with Crippen LogP contribution in [-0.4, -0.2) is 56.5 Å². The Morgan fingerprint density at radius 1 is 1.82 bits per heavy atom. The summed E-state index contributed by atoms with van der Waals surface area (Å²) in [5, 5.41) is 16.9. The van der Waals surface area contributed by atoms with E-state index in [4.69, 9.17) is 5.11 Å². The second-order valence-electron chi connectivity index (χ2n) is 3.26. The maximum Gasteiger partial charge on any atom is 0.327 e. The number of hydrogen-bond donors (Lipinski definition) is 2. The first-order valence-corrected chi connectivity index (χ1v) is 6.03. The van der Waals surface area contributed by atoms with E-state index in [-0.39, 0.29) is 24.1 Å². The Bertz CT molecular complexity index is 338. The summed E-state index contributed by atoms with van der Waals surface area (Å²) in [6.07, 6.45) is 0. The molecule has 0 aromatic heterocycles. The summed E-state index contributed by atoms with van der Waals surface area (Å²) in [7, 11) is 0. The van der Waals surface area contributed by atoms with Gasteiger partial charge in [0.05, 0.1) is 0 Å². The SMILES string of the molecule is O=C(O)C1CSC(=O)N1CC(S)CO[N+](=O)[O-]. The van der Waals surface area contributed by atoms with E-state index < -0.39 is 22.3 Å². The Labute approximate surface area is 106 Å². The normalized spacial score (nSPS) is 21.4. The van der Waals surface area contributed by atoms with Crippen LogP contribution in [0.4, 0.5) is 4.79 Å². The predicted molar refractivity (Wildman–Crippen MR) is 61.7 cm³/mol. The van der Waals surface area contributed by atoms with Gasteiger partial charge in [-0.3, -0.25) is 4.79 Å². The van der Waals surface area contributed by atoms with Crippen molar-refractivity contribution in [1.29, 1.82) is 0 Å². The highest BCUT2D eigenvalue weighted by Crippen LogP contribution is 2.24. The lowest BCUT2D eigenvalue weighted by Gasteiger charge is -2.23. The first-order chi connectivity index (χ1) is 7.91. The fourth-order valence-corrected chi connectivity index (χ4v) is 2.52. The second-order valence-corrected chi connectivity index (χ2v) is 4.96. The molecule has 8 nitrogen and oxygen atoms in total. The van der Waals surface area contributed by atoms with Crippen LogP contribution in [-0.2, 0) is 9.63 Å². The summed E-state index contributed by atoms with van der Waals surface area (Å²) in [5.41, 5.74) is 0. The van der Waals surface area contributed by atoms with Crippen LogP contribution in [0, 0.1) is 10.1 Å². The van der Waals surface area contributed by atoms with Crippen molar-refractivity contribution in [3.63, 3.8) is 0 Å². The van der Waals surface area contributed by atoms with E-state index in [9.17, 15) is 19.7 Å². The molecule has 2 atom stereocenters. The van der Waals surface area contributed by atoms with E-state index in [2.05, 4.69) is 17.5 Å². The molecule has 10 heteroatoms. The molecule has 2 unspecified atom stereocenters. The molecule has 1 rings (SSSR count). The number of aliphatic carboxylic acids is 1. The summed E-state index contributed by atoms with van der Waals surface area (Å²) < 4.78 is 0. The molecule has 1 saturated heterocycles. The molecule has 0 radical (unpaired) electrons. The zero-order valence-corrected chi connectivity index (χ0v) is 10.2. The first kappa shape index (κ1) is 13.9. The largest absolute Gasteiger partial charge is 0.480 e. The standard InChI is InChI=1S/C7H10N2O6S2/c10-6(11)5-3-17-7(12)8(5)1-4(16)2-15-9(13)14/h4-5,16H,1-3H2,(H,10,11). The van der Waals surface area contributed by atoms with E-state index in [1.165, 1.54) is 0 Å². The minimum absolute atomic E-state index is 0.000247. The van der Waals surface area contributed by atoms with Crippen LogP contribution < -0.4 is 0 Å². The van der Waals surface area contributed by atoms with Gasteiger partial charge in [0.2, 0.25) is 0 Å². The van der Waals surface area contributed by atoms with E-state index in [1.807, 2.05) is 0 Å². The fourth-order valence-electron chi connectivity index (χ4n) is 1.28. The monoisotopic (exact) mass is 282 g/mol. The number of carbonyl (C=O) groups excluding carboxylic acids is 1. The molecule has 1 amide bonds. The Hall–Kier alpha value is -1.16. The van der Waals surface area contributed by atoms with Crippen molar-refractivity contribution in [1.82, 2.24) is 4.90 Å². The summed E-state index contributed by atoms with van der Waals surface area (Å²) in [4.78, 5) is 37.4. The molecule has 0 saturated carbocycles. The van der Waals surface area contributed by atoms with Crippen LogP contribution in [0.3, 0.4) is 0 Å². The quantitative estimate of drug-likeness (QED) is 0.404. The lowest BCUT2D eigenvalue weighted by atomic mass is 10.3. The number of carbonyl (C=O) groups is 2. The van der Waals surface area contributed by atoms with Crippen LogP contribution in [0.25, 0.3) is 0 Å². The van der Waals surface area contributed by atoms with Crippen LogP contribution in [0.1, 0.15) is 0 Å². The molecule has 1 fully saturated rings. The van der Waals surface area contributed by atoms with Gasteiger partial charge in [0.15, 0.2) is 0 Å². The van der Waals surface area contributed by atoms with Gasteiger partial charge in [-0.05, 0) is 0 Å². The van der Waals surface area contributed by atoms with Crippen molar-refractivity contribution < 1.29 is 24.6 Å². The van der Waals surface area contributed by atoms with Gasteiger partial charge < -0.3 is 14.8 Å². The van der Waals surface area contributed by atoms with Crippen LogP contribution >= 0.6 is 24.4 Å². The van der Waals surface area contributed by atoms with Crippen molar-refractivity contribution in [2.45, 2.75) is 11.3 Å². The van der Waals surface area contributed by atoms with Gasteiger partial charge in [0, 0.05) is 17.5 Å². The van der Waals surface area contributed by atoms with Crippen LogP contribution in [0.15, 0.2) is 0 Å². The molecule has 0 aliphatic carbocycles. The van der Waals surface area contributed by atoms with Gasteiger partial charge in [-0.25, -0.2) is 4.79 Å². The van der Waals surface area contributed by atoms with Gasteiger partial charge in [0.25, 0.3) is 10.3 Å². The average molecular weight is 282 g/mol. The summed E-state index contributed by atoms with van der Waals surface area (Å²) in [6.45, 7) is -0.295. The van der Waals surface area contributed by atoms with E-state index in [1.54, 1.807) is 0 Å². The Balaban J connectivity index is 2.50. The Kier molecular flexibility index (Phi) is 4.87. The van der Waals surface area contributed by atoms with Gasteiger partial charge in [-0.1, -0.05) is 11.8 Å². The topological polar surface area (TPSA) is 110 Å². The number of nitrogens with zero attached hydrogens (tertiary/aromatic N) is 2. The average Bonchev–Trinajstić information content (AvgIpc) is 2.58. The van der Waals surface area contributed by atoms with Crippen LogP contribution in [0.5, 0.6) is 0 Å². The lowest BCUT2D eigenvalue weighted by molar-refractivity contribution is -0.757. The fraction of sp³-hybridized carbons (Fsp3) is 0.714. The molecule has 1 aliphatic rings. The van der Waals surface area contributed by atoms with Crippen molar-refractivity contribution in [2.24, 2.45) is 0 Å². The zero-order valence-electron chi connectivity index (χ0n) is 8.51. The third kappa shape index (κ3) is 3.97. The third-order valence-corrected chi connectivity index (χ3v) is 3.32. The zero-order chi connectivity index (χ0) is 13.0. The molecular weight excluding hydrogens is 272 g/mol. The molecule has 0 aromatic rings. The number of rotatable bonds is 6. The predicted octanol–water partition coefficient (Wildman–Crippen LogP) is 0.115. The lowest BCUT2D eigenvalue weighted by Crippen LogP contribution is -2.43. The van der Waals surface area contributed by atoms with Crippen molar-refractivity contribution >= 4 is 35.6 Å². The van der Waals surface area contributed by atoms with E-state index in [0.717, 1.165) is 16.7 Å². The molecule has 1 aliphatic heterocycles. The van der Waals surface area contributed by atoms with Crippen molar-refractivity contribution in [3.05, 3.63) is 10.1 Å². The van der Waals surface area contributed by atoms with E-state index >= 15 is 0 Å². The van der Waals surface area contributed by atoms with Gasteiger partial charge in [-0.2, -0.15) is 12.6 Å². The minimum Gasteiger partial charge on any atom is -0.480 e. The van der Waals surface area contributed by atoms with Gasteiger partial charge in [-0.15, -0.1) is 10.1 Å². The molecule has 96 valence electrons. The molecule has 1 N–H and O–H groups in total. The summed E-state index contributed by atoms with van der Waals surface area (Å²) >= 11 is 4.91. The maximum atomic E-state index is 11.4. The molecule has 0 aromatic carbocycles. The van der Waals surface area contributed by atoms with Crippen molar-refractivity contribution in [3.8, 4) is 0 Å². The molecule has 17 heavy (non-hydrogen) atoms. The first-order valence-electron chi connectivity index (χ1n) is 4.53. The van der Waals surface area contributed by atoms with Gasteiger partial charge >= 0.3 is 5.97 Å². The molecule has 1 heterocycles.